The van der Waals surface area contributed by atoms with Crippen molar-refractivity contribution in [3.63, 3.8) is 0 Å². The lowest BCUT2D eigenvalue weighted by atomic mass is 9.93. The summed E-state index contributed by atoms with van der Waals surface area (Å²) in [6.07, 6.45) is 0.926. The van der Waals surface area contributed by atoms with Gasteiger partial charge in [-0.05, 0) is 35.7 Å². The Hall–Kier alpha value is -3.01. The van der Waals surface area contributed by atoms with Gasteiger partial charge in [-0.15, -0.1) is 0 Å². The molecule has 2 atom stereocenters. The van der Waals surface area contributed by atoms with Crippen LogP contribution in [0.4, 0.5) is 0 Å². The first-order chi connectivity index (χ1) is 13.0. The van der Waals surface area contributed by atoms with E-state index in [1.807, 2.05) is 16.8 Å². The number of carbonyl (C=O) groups is 2. The molecule has 4 heterocycles. The van der Waals surface area contributed by atoms with E-state index in [9.17, 15) is 14.4 Å². The molecule has 1 aliphatic heterocycles. The van der Waals surface area contributed by atoms with Gasteiger partial charge in [0.15, 0.2) is 0 Å². The molecule has 0 aliphatic carbocycles. The summed E-state index contributed by atoms with van der Waals surface area (Å²) in [6.45, 7) is 1.71. The fourth-order valence-electron chi connectivity index (χ4n) is 3.25. The Labute approximate surface area is 157 Å². The molecule has 9 nitrogen and oxygen atoms in total. The highest BCUT2D eigenvalue weighted by Gasteiger charge is 2.31. The van der Waals surface area contributed by atoms with Gasteiger partial charge in [0.2, 0.25) is 11.8 Å². The van der Waals surface area contributed by atoms with Crippen LogP contribution in [0, 0.1) is 6.92 Å². The van der Waals surface area contributed by atoms with Crippen LogP contribution in [-0.2, 0) is 16.0 Å². The number of hydrogen-bond donors (Lipinski definition) is 3. The second kappa shape index (κ2) is 6.95. The molecule has 1 aliphatic rings. The number of fused-ring (bicyclic) bond motifs is 1. The monoisotopic (exact) mass is 386 g/mol. The first-order valence-electron chi connectivity index (χ1n) is 8.56. The highest BCUT2D eigenvalue weighted by Crippen LogP contribution is 2.26. The molecule has 2 amide bonds. The average molecular weight is 386 g/mol. The zero-order valence-electron chi connectivity index (χ0n) is 14.6. The molecule has 3 aromatic heterocycles. The maximum atomic E-state index is 12.5. The Morgan fingerprint density at radius 1 is 1.41 bits per heavy atom. The maximum Gasteiger partial charge on any atom is 0.274 e. The minimum absolute atomic E-state index is 0.0113. The van der Waals surface area contributed by atoms with Gasteiger partial charge >= 0.3 is 0 Å². The van der Waals surface area contributed by atoms with E-state index in [1.165, 1.54) is 10.6 Å². The van der Waals surface area contributed by atoms with Crippen molar-refractivity contribution in [2.75, 3.05) is 0 Å². The molecule has 0 radical (unpaired) electrons. The topological polar surface area (TPSA) is 121 Å². The van der Waals surface area contributed by atoms with Crippen molar-refractivity contribution >= 4 is 28.9 Å². The number of nitrogens with zero attached hydrogens (tertiary/aromatic N) is 3. The number of H-pyrrole nitrogens is 1. The van der Waals surface area contributed by atoms with Crippen molar-refractivity contribution in [1.82, 2.24) is 30.2 Å². The van der Waals surface area contributed by atoms with E-state index in [2.05, 4.69) is 25.7 Å². The fraction of sp³-hybridized carbons (Fsp3) is 0.353. The lowest BCUT2D eigenvalue weighted by Gasteiger charge is -2.32. The van der Waals surface area contributed by atoms with Crippen LogP contribution >= 0.6 is 11.3 Å². The lowest BCUT2D eigenvalue weighted by molar-refractivity contribution is -0.126. The molecule has 0 unspecified atom stereocenters. The molecule has 10 heteroatoms. The van der Waals surface area contributed by atoms with Crippen LogP contribution in [0.2, 0.25) is 0 Å². The van der Waals surface area contributed by atoms with Crippen molar-refractivity contribution in [2.24, 2.45) is 0 Å². The summed E-state index contributed by atoms with van der Waals surface area (Å²) in [5.74, 6) is 0.341. The quantitative estimate of drug-likeness (QED) is 0.602. The van der Waals surface area contributed by atoms with Gasteiger partial charge < -0.3 is 10.6 Å². The van der Waals surface area contributed by atoms with Crippen LogP contribution in [-0.4, -0.2) is 37.4 Å². The predicted molar refractivity (Wildman–Crippen MR) is 98.4 cm³/mol. The Balaban J connectivity index is 1.49. The second-order valence-electron chi connectivity index (χ2n) is 6.53. The molecule has 3 N–H and O–H groups in total. The summed E-state index contributed by atoms with van der Waals surface area (Å²) in [7, 11) is 0. The van der Waals surface area contributed by atoms with Crippen LogP contribution in [0.25, 0.3) is 5.78 Å². The number of aromatic nitrogens is 4. The van der Waals surface area contributed by atoms with Crippen LogP contribution in [0.1, 0.15) is 36.0 Å². The number of thiophene rings is 1. The van der Waals surface area contributed by atoms with Gasteiger partial charge in [-0.3, -0.25) is 19.5 Å². The lowest BCUT2D eigenvalue weighted by Crippen LogP contribution is -2.50. The van der Waals surface area contributed by atoms with Crippen molar-refractivity contribution < 1.29 is 9.59 Å². The van der Waals surface area contributed by atoms with E-state index in [0.717, 1.165) is 5.56 Å². The molecule has 3 aromatic rings. The number of nitrogens with one attached hydrogen (secondary N) is 3. The number of hydrogen-bond acceptors (Lipinski definition) is 6. The standard InChI is InChI=1S/C17H18N6O3S/c1-9-6-15(26)23-17(18-9)20-12(22-23)7-14(25)19-11-2-3-13(24)21-16(11)10-4-5-27-8-10/h4-6,8,11,16H,2-3,7H2,1H3,(H,19,25)(H,21,24)(H,18,20,22)/t11-,16+/m1/s1. The van der Waals surface area contributed by atoms with Crippen LogP contribution in [0.5, 0.6) is 0 Å². The minimum Gasteiger partial charge on any atom is -0.351 e. The predicted octanol–water partition coefficient (Wildman–Crippen LogP) is 0.466. The van der Waals surface area contributed by atoms with E-state index < -0.39 is 0 Å². The second-order valence-corrected chi connectivity index (χ2v) is 7.31. The van der Waals surface area contributed by atoms with Gasteiger partial charge in [0.25, 0.3) is 11.3 Å². The van der Waals surface area contributed by atoms with Gasteiger partial charge in [-0.1, -0.05) is 0 Å². The van der Waals surface area contributed by atoms with Gasteiger partial charge in [0.1, 0.15) is 5.82 Å². The van der Waals surface area contributed by atoms with E-state index in [-0.39, 0.29) is 41.7 Å². The summed E-state index contributed by atoms with van der Waals surface area (Å²) < 4.78 is 1.21. The summed E-state index contributed by atoms with van der Waals surface area (Å²) in [5, 5.41) is 12.6. The Kier molecular flexibility index (Phi) is 4.48. The molecule has 27 heavy (non-hydrogen) atoms. The van der Waals surface area contributed by atoms with Crippen LogP contribution < -0.4 is 16.2 Å². The number of aryl methyl sites for hydroxylation is 1. The van der Waals surface area contributed by atoms with Crippen molar-refractivity contribution in [1.29, 1.82) is 0 Å². The van der Waals surface area contributed by atoms with E-state index in [1.54, 1.807) is 18.3 Å². The maximum absolute atomic E-state index is 12.5. The van der Waals surface area contributed by atoms with E-state index in [0.29, 0.717) is 24.4 Å². The smallest absolute Gasteiger partial charge is 0.274 e. The molecular weight excluding hydrogens is 368 g/mol. The third kappa shape index (κ3) is 3.61. The minimum atomic E-state index is -0.274. The number of piperidine rings is 1. The number of carbonyl (C=O) groups excluding carboxylic acids is 2. The number of aromatic amines is 1. The van der Waals surface area contributed by atoms with E-state index >= 15 is 0 Å². The molecule has 140 valence electrons. The average Bonchev–Trinajstić information content (AvgIpc) is 3.26. The SMILES string of the molecule is Cc1cc(=O)n2[nH]c(CC(=O)N[C@@H]3CCC(=O)N[C@H]3c3ccsc3)nc2n1. The fourth-order valence-corrected chi connectivity index (χ4v) is 3.94. The molecule has 0 saturated carbocycles. The Morgan fingerprint density at radius 2 is 2.26 bits per heavy atom. The highest BCUT2D eigenvalue weighted by molar-refractivity contribution is 7.08. The van der Waals surface area contributed by atoms with Crippen molar-refractivity contribution in [3.05, 3.63) is 50.3 Å². The van der Waals surface area contributed by atoms with Crippen molar-refractivity contribution in [3.8, 4) is 0 Å². The van der Waals surface area contributed by atoms with Crippen LogP contribution in [0.3, 0.4) is 0 Å². The summed E-state index contributed by atoms with van der Waals surface area (Å²) in [5.41, 5.74) is 1.27. The summed E-state index contributed by atoms with van der Waals surface area (Å²) in [6, 6.07) is 2.90. The summed E-state index contributed by atoms with van der Waals surface area (Å²) >= 11 is 1.54. The first-order valence-corrected chi connectivity index (χ1v) is 9.50. The largest absolute Gasteiger partial charge is 0.351 e. The van der Waals surface area contributed by atoms with Gasteiger partial charge in [0.05, 0.1) is 18.5 Å². The number of rotatable bonds is 4. The van der Waals surface area contributed by atoms with Crippen molar-refractivity contribution in [2.45, 2.75) is 38.3 Å². The molecule has 1 fully saturated rings. The van der Waals surface area contributed by atoms with Crippen LogP contribution in [0.15, 0.2) is 27.7 Å². The van der Waals surface area contributed by atoms with Gasteiger partial charge in [-0.25, -0.2) is 4.98 Å². The zero-order chi connectivity index (χ0) is 19.0. The molecule has 0 spiro atoms. The van der Waals surface area contributed by atoms with Gasteiger partial charge in [0, 0.05) is 18.2 Å². The molecule has 1 saturated heterocycles. The Morgan fingerprint density at radius 3 is 3.04 bits per heavy atom. The third-order valence-corrected chi connectivity index (χ3v) is 5.18. The molecule has 4 rings (SSSR count). The first kappa shape index (κ1) is 17.4. The highest BCUT2D eigenvalue weighted by atomic mass is 32.1. The normalized spacial score (nSPS) is 19.8. The molecule has 0 aromatic carbocycles. The summed E-state index contributed by atoms with van der Waals surface area (Å²) in [4.78, 5) is 44.6. The molecular formula is C17H18N6O3S. The van der Waals surface area contributed by atoms with E-state index in [4.69, 9.17) is 0 Å². The Bertz CT molecular complexity index is 1050. The number of amides is 2. The molecule has 0 bridgehead atoms. The van der Waals surface area contributed by atoms with Gasteiger partial charge in [-0.2, -0.15) is 20.8 Å². The zero-order valence-corrected chi connectivity index (χ0v) is 15.4. The third-order valence-electron chi connectivity index (χ3n) is 4.48.